The van der Waals surface area contributed by atoms with Crippen molar-refractivity contribution in [3.63, 3.8) is 0 Å². The van der Waals surface area contributed by atoms with Crippen molar-refractivity contribution in [2.24, 2.45) is 78.9 Å². The van der Waals surface area contributed by atoms with E-state index in [9.17, 15) is 29.4 Å². The average molecular weight is 1260 g/mol. The van der Waals surface area contributed by atoms with E-state index >= 15 is 14.4 Å². The van der Waals surface area contributed by atoms with E-state index in [0.29, 0.717) is 98.1 Å². The standard InChI is InChI=1S/C72H116N4O12S/c1-26-71(27-2,28-3)65(84)75-59-55(63(82)87-58-47(69(19,20)21)34-44(35-48(58)70(22,23)24)39-89-51(61(79)80)37-52(77)78)53(40(7)8)49(73-59)36-50-54(41(9)10)56(60(74-50)76(25)66(85)72(29-4,30-5)31-6)64(83)88-57-45(67(13,14)15)32-43(33-46(57)68(16,17)18)38-86-62(81)42(11)12/h36,40-41,43-48,51,57-58,74H,11,26-35,37-39H2,1-10,12-25H3,(H,77,78)(H,79,80)(H,73,75,84)/b49-36-. The molecule has 2 fully saturated rings. The number of amidine groups is 1. The summed E-state index contributed by atoms with van der Waals surface area (Å²) in [6.07, 6.45) is 5.91. The van der Waals surface area contributed by atoms with Crippen LogP contribution in [-0.2, 0) is 43.0 Å². The van der Waals surface area contributed by atoms with Crippen LogP contribution in [-0.4, -0.2) is 99.6 Å². The zero-order valence-electron chi connectivity index (χ0n) is 59.1. The lowest BCUT2D eigenvalue weighted by Crippen LogP contribution is -2.51. The van der Waals surface area contributed by atoms with Crippen molar-refractivity contribution in [3.05, 3.63) is 45.8 Å². The van der Waals surface area contributed by atoms with Crippen LogP contribution in [0.1, 0.15) is 257 Å². The van der Waals surface area contributed by atoms with Gasteiger partial charge in [0.2, 0.25) is 11.8 Å². The van der Waals surface area contributed by atoms with Crippen molar-refractivity contribution in [3.8, 4) is 0 Å². The topological polar surface area (TPSA) is 231 Å². The smallest absolute Gasteiger partial charge is 0.342 e. The minimum Gasteiger partial charge on any atom is -0.481 e. The minimum atomic E-state index is -1.18. The number of hydrogen-bond acceptors (Lipinski definition) is 12. The maximum atomic E-state index is 15.9. The zero-order valence-corrected chi connectivity index (χ0v) is 59.9. The van der Waals surface area contributed by atoms with Crippen LogP contribution in [0.4, 0.5) is 5.82 Å². The molecule has 0 aromatic carbocycles. The summed E-state index contributed by atoms with van der Waals surface area (Å²) in [6.45, 7) is 51.1. The highest BCUT2D eigenvalue weighted by Gasteiger charge is 2.52. The number of carboxylic acids is 2. The third kappa shape index (κ3) is 17.7. The van der Waals surface area contributed by atoms with E-state index in [0.717, 1.165) is 11.8 Å². The Bertz CT molecular complexity index is 2770. The first-order chi connectivity index (χ1) is 40.9. The van der Waals surface area contributed by atoms with Gasteiger partial charge < -0.3 is 39.6 Å². The Balaban J connectivity index is 2.09. The molecule has 2 saturated carbocycles. The number of aromatic nitrogens is 1. The van der Waals surface area contributed by atoms with Crippen LogP contribution in [0.15, 0.2) is 34.0 Å². The molecule has 2 heterocycles. The lowest BCUT2D eigenvalue weighted by Gasteiger charge is -2.50. The number of aromatic amines is 1. The van der Waals surface area contributed by atoms with Gasteiger partial charge in [0.05, 0.1) is 18.7 Å². The van der Waals surface area contributed by atoms with E-state index in [1.54, 1.807) is 18.9 Å². The summed E-state index contributed by atoms with van der Waals surface area (Å²) >= 11 is 1.15. The Hall–Kier alpha value is -5.19. The molecule has 0 bridgehead atoms. The first-order valence-electron chi connectivity index (χ1n) is 33.2. The molecular weight excluding hydrogens is 1140 g/mol. The molecule has 16 nitrogen and oxygen atoms in total. The van der Waals surface area contributed by atoms with Gasteiger partial charge in [-0.2, -0.15) is 0 Å². The van der Waals surface area contributed by atoms with E-state index < -0.39 is 75.4 Å². The third-order valence-corrected chi connectivity index (χ3v) is 22.0. The third-order valence-electron chi connectivity index (χ3n) is 20.6. The fourth-order valence-electron chi connectivity index (χ4n) is 14.5. The maximum absolute atomic E-state index is 15.9. The molecule has 0 radical (unpaired) electrons. The number of aliphatic carboxylic acids is 2. The fourth-order valence-corrected chi connectivity index (χ4v) is 15.6. The van der Waals surface area contributed by atoms with Gasteiger partial charge in [-0.05, 0) is 139 Å². The fraction of sp³-hybridized carbons (Fsp3) is 0.750. The second-order valence-electron chi connectivity index (χ2n) is 31.2. The molecule has 502 valence electrons. The first-order valence-corrected chi connectivity index (χ1v) is 34.2. The Morgan fingerprint density at radius 1 is 0.685 bits per heavy atom. The molecule has 3 aliphatic rings. The lowest BCUT2D eigenvalue weighted by atomic mass is 9.58. The average Bonchev–Trinajstić information content (AvgIpc) is 1.74. The highest BCUT2D eigenvalue weighted by Crippen LogP contribution is 2.53. The number of carboxylic acid groups (broad SMARTS) is 2. The first kappa shape index (κ1) is 76.3. The molecule has 89 heavy (non-hydrogen) atoms. The number of allylic oxidation sites excluding steroid dienone is 1. The van der Waals surface area contributed by atoms with Gasteiger partial charge in [0.1, 0.15) is 40.2 Å². The Labute approximate surface area is 539 Å². The van der Waals surface area contributed by atoms with Crippen molar-refractivity contribution in [1.82, 2.24) is 10.3 Å². The van der Waals surface area contributed by atoms with Gasteiger partial charge >= 0.3 is 29.8 Å². The van der Waals surface area contributed by atoms with Crippen LogP contribution in [0.2, 0.25) is 0 Å². The van der Waals surface area contributed by atoms with Crippen LogP contribution in [0.5, 0.6) is 0 Å². The summed E-state index contributed by atoms with van der Waals surface area (Å²) < 4.78 is 19.9. The molecule has 1 aromatic rings. The molecule has 17 heteroatoms. The Morgan fingerprint density at radius 3 is 1.51 bits per heavy atom. The summed E-state index contributed by atoms with van der Waals surface area (Å²) in [5.41, 5.74) is -0.407. The number of hydrogen-bond donors (Lipinski definition) is 4. The van der Waals surface area contributed by atoms with Crippen LogP contribution in [0.25, 0.3) is 6.08 Å². The SMILES string of the molecule is C=C(C)C(=O)OCC1CC(C(C)(C)C)C(OC(=O)c2c(N(C)C(=O)C(CC)(CC)CC)[nH]c(/C=C3\N=C(NC(=O)C(CC)(CC)CC)C(C(=O)OC4C(C(C)(C)C)CC(CSC(CC(=O)O)C(=O)O)CC4C(C)(C)C)=C3C(C)C)c2C(C)C)C(C(C)(C)C)C1. The van der Waals surface area contributed by atoms with Gasteiger partial charge in [0.25, 0.3) is 0 Å². The number of nitrogens with zero attached hydrogens (tertiary/aromatic N) is 2. The van der Waals surface area contributed by atoms with E-state index in [-0.39, 0.29) is 99.4 Å². The predicted molar refractivity (Wildman–Crippen MR) is 359 cm³/mol. The largest absolute Gasteiger partial charge is 0.481 e. The zero-order chi connectivity index (χ0) is 68.0. The number of amides is 2. The van der Waals surface area contributed by atoms with E-state index in [1.807, 2.05) is 75.3 Å². The number of carbonyl (C=O) groups is 7. The molecule has 0 saturated heterocycles. The number of anilines is 1. The second kappa shape index (κ2) is 30.0. The van der Waals surface area contributed by atoms with Crippen molar-refractivity contribution in [1.29, 1.82) is 0 Å². The van der Waals surface area contributed by atoms with Crippen LogP contribution >= 0.6 is 11.8 Å². The number of thioether (sulfide) groups is 1. The molecule has 0 spiro atoms. The highest BCUT2D eigenvalue weighted by atomic mass is 32.2. The van der Waals surface area contributed by atoms with Gasteiger partial charge in [-0.25, -0.2) is 19.4 Å². The quantitative estimate of drug-likeness (QED) is 0.0406. The second-order valence-corrected chi connectivity index (χ2v) is 32.4. The number of esters is 3. The van der Waals surface area contributed by atoms with E-state index in [4.69, 9.17) is 19.2 Å². The van der Waals surface area contributed by atoms with Gasteiger partial charge in [0, 0.05) is 52.8 Å². The molecule has 5 atom stereocenters. The molecule has 1 aromatic heterocycles. The number of aliphatic imine (C=N–C) groups is 1. The number of ether oxygens (including phenoxy) is 3. The van der Waals surface area contributed by atoms with Gasteiger partial charge in [0.15, 0.2) is 0 Å². The summed E-state index contributed by atoms with van der Waals surface area (Å²) in [7, 11) is 1.71. The molecule has 2 amide bonds. The number of carbonyl (C=O) groups excluding carboxylic acids is 5. The monoisotopic (exact) mass is 1260 g/mol. The number of nitrogens with one attached hydrogen (secondary N) is 2. The Morgan fingerprint density at radius 2 is 1.12 bits per heavy atom. The molecule has 1 aliphatic heterocycles. The van der Waals surface area contributed by atoms with Crippen LogP contribution in [0.3, 0.4) is 0 Å². The summed E-state index contributed by atoms with van der Waals surface area (Å²) in [4.78, 5) is 109. The van der Waals surface area contributed by atoms with E-state index in [2.05, 4.69) is 100.0 Å². The van der Waals surface area contributed by atoms with Crippen molar-refractivity contribution in [2.45, 2.75) is 253 Å². The van der Waals surface area contributed by atoms with Crippen molar-refractivity contribution in [2.75, 3.05) is 24.3 Å². The number of rotatable bonds is 25. The highest BCUT2D eigenvalue weighted by molar-refractivity contribution is 8.00. The van der Waals surface area contributed by atoms with Gasteiger partial charge in [-0.1, -0.05) is 159 Å². The van der Waals surface area contributed by atoms with Gasteiger partial charge in [-0.15, -0.1) is 11.8 Å². The summed E-state index contributed by atoms with van der Waals surface area (Å²) in [6, 6.07) is 0. The minimum absolute atomic E-state index is 0.00482. The maximum Gasteiger partial charge on any atom is 0.342 e. The van der Waals surface area contributed by atoms with Crippen LogP contribution in [0, 0.1) is 73.9 Å². The Kier molecular flexibility index (Phi) is 25.7. The number of H-pyrrole nitrogens is 1. The molecule has 4 N–H and O–H groups in total. The summed E-state index contributed by atoms with van der Waals surface area (Å²) in [5, 5.41) is 21.6. The molecular formula is C72H116N4O12S. The molecule has 5 unspecified atom stereocenters. The van der Waals surface area contributed by atoms with Gasteiger partial charge in [-0.3, -0.25) is 19.2 Å². The van der Waals surface area contributed by atoms with Crippen molar-refractivity contribution >= 4 is 71.2 Å². The molecule has 4 rings (SSSR count). The summed E-state index contributed by atoms with van der Waals surface area (Å²) in [5.74, 6) is -5.15. The van der Waals surface area contributed by atoms with Crippen LogP contribution < -0.4 is 10.2 Å². The normalized spacial score (nSPS) is 23.1. The van der Waals surface area contributed by atoms with E-state index in [1.165, 1.54) is 0 Å². The van der Waals surface area contributed by atoms with Crippen molar-refractivity contribution < 1.29 is 58.0 Å². The predicted octanol–water partition coefficient (Wildman–Crippen LogP) is 16.0. The molecule has 2 aliphatic carbocycles. The lowest BCUT2D eigenvalue weighted by molar-refractivity contribution is -0.164.